The van der Waals surface area contributed by atoms with Gasteiger partial charge in [-0.25, -0.2) is 0 Å². The van der Waals surface area contributed by atoms with Gasteiger partial charge < -0.3 is 28.4 Å². The third-order valence-electron chi connectivity index (χ3n) is 4.48. The van der Waals surface area contributed by atoms with Gasteiger partial charge >= 0.3 is 0 Å². The van der Waals surface area contributed by atoms with E-state index in [9.17, 15) is 4.79 Å². The van der Waals surface area contributed by atoms with Gasteiger partial charge in [0, 0.05) is 24.3 Å². The quantitative estimate of drug-likeness (QED) is 0.355. The van der Waals surface area contributed by atoms with Gasteiger partial charge in [-0.15, -0.1) is 0 Å². The van der Waals surface area contributed by atoms with Crippen LogP contribution < -0.4 is 33.7 Å². The molecule has 1 atom stereocenters. The lowest BCUT2D eigenvalue weighted by atomic mass is 10.1. The summed E-state index contributed by atoms with van der Waals surface area (Å²) in [5.41, 5.74) is -1.32. The minimum Gasteiger partial charge on any atom is -0.496 e. The van der Waals surface area contributed by atoms with E-state index >= 15 is 0 Å². The fraction of sp³-hybridized carbons (Fsp3) is 0.536. The van der Waals surface area contributed by atoms with Gasteiger partial charge in [0.15, 0.2) is 5.52 Å². The first-order valence-electron chi connectivity index (χ1n) is 11.8. The summed E-state index contributed by atoms with van der Waals surface area (Å²) < 4.78 is 35.2. The smallest absolute Gasteiger partial charge is 0.193 e. The summed E-state index contributed by atoms with van der Waals surface area (Å²) in [5.74, 6) is 2.92. The molecule has 0 spiro atoms. The molecule has 0 saturated carbocycles. The molecule has 1 unspecified atom stereocenters. The molecule has 2 aromatic carbocycles. The minimum absolute atomic E-state index is 0.187. The summed E-state index contributed by atoms with van der Waals surface area (Å²) in [6.45, 7) is 17.7. The van der Waals surface area contributed by atoms with Crippen LogP contribution in [-0.2, 0) is 0 Å². The van der Waals surface area contributed by atoms with Crippen molar-refractivity contribution in [2.24, 2.45) is 0 Å². The van der Waals surface area contributed by atoms with Crippen LogP contribution in [0.2, 0.25) is 0 Å². The van der Waals surface area contributed by atoms with Crippen molar-refractivity contribution in [3.05, 3.63) is 29.8 Å². The summed E-state index contributed by atoms with van der Waals surface area (Å²) in [6, 6.07) is 6.98. The van der Waals surface area contributed by atoms with Gasteiger partial charge in [-0.3, -0.25) is 4.79 Å². The van der Waals surface area contributed by atoms with Crippen LogP contribution in [-0.4, -0.2) is 43.7 Å². The van der Waals surface area contributed by atoms with Crippen LogP contribution in [0.5, 0.6) is 34.5 Å². The van der Waals surface area contributed by atoms with Gasteiger partial charge in [-0.1, -0.05) is 0 Å². The van der Waals surface area contributed by atoms with E-state index < -0.39 is 16.8 Å². The van der Waals surface area contributed by atoms with Crippen LogP contribution in [0.25, 0.3) is 0 Å². The van der Waals surface area contributed by atoms with Crippen molar-refractivity contribution in [1.82, 2.24) is 0 Å². The van der Waals surface area contributed by atoms with Crippen LogP contribution in [0.4, 0.5) is 0 Å². The van der Waals surface area contributed by atoms with E-state index in [1.54, 1.807) is 19.2 Å². The SMILES string of the molecule is COc1cc(OC)c(C(=O)Pc2c(OC(C)(C)C)cc(OC(C)(C)C)cc2OC(C)(C)C)c(OC)c1. The molecule has 0 saturated heterocycles. The Morgan fingerprint density at radius 3 is 1.31 bits per heavy atom. The van der Waals surface area contributed by atoms with Crippen molar-refractivity contribution in [1.29, 1.82) is 0 Å². The maximum atomic E-state index is 13.8. The van der Waals surface area contributed by atoms with Crippen LogP contribution in [0.1, 0.15) is 72.7 Å². The van der Waals surface area contributed by atoms with Gasteiger partial charge in [-0.05, 0) is 70.9 Å². The van der Waals surface area contributed by atoms with Gasteiger partial charge in [0.05, 0.1) is 26.6 Å². The molecule has 7 nitrogen and oxygen atoms in total. The Morgan fingerprint density at radius 1 is 0.583 bits per heavy atom. The lowest BCUT2D eigenvalue weighted by molar-refractivity contribution is 0.107. The fourth-order valence-electron chi connectivity index (χ4n) is 3.33. The molecule has 0 aliphatic heterocycles. The lowest BCUT2D eigenvalue weighted by Crippen LogP contribution is -2.29. The molecule has 0 fully saturated rings. The lowest BCUT2D eigenvalue weighted by Gasteiger charge is -2.29. The topological polar surface area (TPSA) is 72.5 Å². The molecule has 200 valence electrons. The molecule has 36 heavy (non-hydrogen) atoms. The fourth-order valence-corrected chi connectivity index (χ4v) is 4.42. The maximum Gasteiger partial charge on any atom is 0.193 e. The first kappa shape index (κ1) is 29.6. The number of benzene rings is 2. The number of ether oxygens (including phenoxy) is 6. The highest BCUT2D eigenvalue weighted by Gasteiger charge is 2.28. The molecular formula is C28H41O7P. The van der Waals surface area contributed by atoms with Gasteiger partial charge in [0.25, 0.3) is 0 Å². The second-order valence-electron chi connectivity index (χ2n) is 11.3. The summed E-state index contributed by atoms with van der Waals surface area (Å²) in [7, 11) is 4.22. The van der Waals surface area contributed by atoms with E-state index in [4.69, 9.17) is 28.4 Å². The highest BCUT2D eigenvalue weighted by Crippen LogP contribution is 2.42. The standard InChI is InChI=1S/C28H41O7P/c1-26(2,3)33-18-15-21(34-27(4,5)6)24(22(16-18)35-28(7,8)9)36-25(29)23-19(31-11)13-17(30-10)14-20(23)32-12/h13-16,36H,1-12H3. The Morgan fingerprint density at radius 2 is 0.972 bits per heavy atom. The highest BCUT2D eigenvalue weighted by molar-refractivity contribution is 7.66. The molecule has 0 aliphatic carbocycles. The van der Waals surface area contributed by atoms with Gasteiger partial charge in [-0.2, -0.15) is 0 Å². The molecule has 2 aromatic rings. The van der Waals surface area contributed by atoms with E-state index in [1.807, 2.05) is 74.4 Å². The predicted octanol–water partition coefficient (Wildman–Crippen LogP) is 6.39. The molecule has 0 radical (unpaired) electrons. The number of methoxy groups -OCH3 is 3. The number of carbonyl (C=O) groups is 1. The number of hydrogen-bond acceptors (Lipinski definition) is 7. The number of hydrogen-bond donors (Lipinski definition) is 0. The van der Waals surface area contributed by atoms with Crippen molar-refractivity contribution in [2.45, 2.75) is 79.1 Å². The van der Waals surface area contributed by atoms with E-state index in [2.05, 4.69) is 0 Å². The van der Waals surface area contributed by atoms with Crippen molar-refractivity contribution >= 4 is 19.4 Å². The summed E-state index contributed by atoms with van der Waals surface area (Å²) in [5, 5.41) is 0.644. The van der Waals surface area contributed by atoms with E-state index in [0.717, 1.165) is 0 Å². The van der Waals surface area contributed by atoms with E-state index in [-0.39, 0.29) is 14.1 Å². The summed E-state index contributed by atoms with van der Waals surface area (Å²) >= 11 is 0. The maximum absolute atomic E-state index is 13.8. The van der Waals surface area contributed by atoms with Gasteiger partial charge in [0.1, 0.15) is 56.9 Å². The van der Waals surface area contributed by atoms with Crippen molar-refractivity contribution < 1.29 is 33.2 Å². The Hall–Kier alpha value is -2.66. The summed E-state index contributed by atoms with van der Waals surface area (Å²) in [4.78, 5) is 13.8. The van der Waals surface area contributed by atoms with E-state index in [1.165, 1.54) is 14.2 Å². The predicted molar refractivity (Wildman–Crippen MR) is 146 cm³/mol. The largest absolute Gasteiger partial charge is 0.496 e. The van der Waals surface area contributed by atoms with Crippen LogP contribution in [0, 0.1) is 0 Å². The van der Waals surface area contributed by atoms with Crippen LogP contribution >= 0.6 is 8.58 Å². The molecule has 0 aliphatic rings. The second-order valence-corrected chi connectivity index (χ2v) is 12.5. The zero-order chi connectivity index (χ0) is 27.5. The molecular weight excluding hydrogens is 479 g/mol. The van der Waals surface area contributed by atoms with Crippen molar-refractivity contribution in [3.8, 4) is 34.5 Å². The van der Waals surface area contributed by atoms with Crippen molar-refractivity contribution in [3.63, 3.8) is 0 Å². The highest BCUT2D eigenvalue weighted by atomic mass is 31.1. The molecule has 2 rings (SSSR count). The average Bonchev–Trinajstić information content (AvgIpc) is 2.71. The summed E-state index contributed by atoms with van der Waals surface area (Å²) in [6.07, 6.45) is 0. The molecule has 0 heterocycles. The third kappa shape index (κ3) is 8.48. The number of carbonyl (C=O) groups excluding carboxylic acids is 1. The monoisotopic (exact) mass is 520 g/mol. The molecule has 0 bridgehead atoms. The molecule has 8 heteroatoms. The normalized spacial score (nSPS) is 12.4. The van der Waals surface area contributed by atoms with Crippen LogP contribution in [0.3, 0.4) is 0 Å². The Kier molecular flexibility index (Phi) is 9.17. The minimum atomic E-state index is -0.517. The second kappa shape index (κ2) is 11.2. The van der Waals surface area contributed by atoms with E-state index in [0.29, 0.717) is 45.4 Å². The Bertz CT molecular complexity index is 1010. The van der Waals surface area contributed by atoms with Gasteiger partial charge in [0.2, 0.25) is 0 Å². The third-order valence-corrected chi connectivity index (χ3v) is 5.70. The van der Waals surface area contributed by atoms with Crippen molar-refractivity contribution in [2.75, 3.05) is 21.3 Å². The Balaban J connectivity index is 2.72. The zero-order valence-corrected chi connectivity index (χ0v) is 24.7. The van der Waals surface area contributed by atoms with Crippen LogP contribution in [0.15, 0.2) is 24.3 Å². The Labute approximate surface area is 217 Å². The number of rotatable bonds is 9. The average molecular weight is 521 g/mol. The molecule has 0 amide bonds. The zero-order valence-electron chi connectivity index (χ0n) is 23.7. The molecule has 0 aromatic heterocycles. The molecule has 0 N–H and O–H groups in total. The first-order valence-corrected chi connectivity index (χ1v) is 12.8. The first-order chi connectivity index (χ1) is 16.5.